The fraction of sp³-hybridized carbons (Fsp3) is 0.524. The molecule has 0 amide bonds. The van der Waals surface area contributed by atoms with Gasteiger partial charge in [0.2, 0.25) is 5.95 Å². The smallest absolute Gasteiger partial charge is 0.231 e. The third-order valence-electron chi connectivity index (χ3n) is 5.02. The van der Waals surface area contributed by atoms with E-state index in [0.29, 0.717) is 24.9 Å². The minimum atomic E-state index is -0.138. The van der Waals surface area contributed by atoms with E-state index < -0.39 is 0 Å². The molecule has 0 spiro atoms. The van der Waals surface area contributed by atoms with Crippen LogP contribution >= 0.6 is 0 Å². The number of nitrogens with zero attached hydrogens (tertiary/aromatic N) is 5. The van der Waals surface area contributed by atoms with Gasteiger partial charge in [0.05, 0.1) is 0 Å². The molecule has 9 nitrogen and oxygen atoms in total. The van der Waals surface area contributed by atoms with E-state index in [1.54, 1.807) is 4.90 Å². The van der Waals surface area contributed by atoms with Crippen LogP contribution in [0, 0.1) is 0 Å². The normalized spacial score (nSPS) is 13.3. The Morgan fingerprint density at radius 2 is 1.83 bits per heavy atom. The minimum absolute atomic E-state index is 0.138. The fourth-order valence-electron chi connectivity index (χ4n) is 3.41. The zero-order chi connectivity index (χ0) is 21.8. The van der Waals surface area contributed by atoms with Crippen molar-refractivity contribution >= 4 is 29.0 Å². The van der Waals surface area contributed by atoms with Crippen LogP contribution in [0.5, 0.6) is 0 Å². The lowest BCUT2D eigenvalue weighted by Crippen LogP contribution is -2.50. The van der Waals surface area contributed by atoms with Crippen molar-refractivity contribution in [1.82, 2.24) is 15.5 Å². The van der Waals surface area contributed by atoms with Gasteiger partial charge in [0.25, 0.3) is 0 Å². The van der Waals surface area contributed by atoms with Crippen molar-refractivity contribution < 1.29 is 5.11 Å². The summed E-state index contributed by atoms with van der Waals surface area (Å²) in [5.41, 5.74) is 12.2. The van der Waals surface area contributed by atoms with Gasteiger partial charge in [0, 0.05) is 30.9 Å². The first-order valence-electron chi connectivity index (χ1n) is 10.6. The second-order valence-electron chi connectivity index (χ2n) is 8.03. The summed E-state index contributed by atoms with van der Waals surface area (Å²) in [6.45, 7) is 11.6. The summed E-state index contributed by atoms with van der Waals surface area (Å²) in [5.74, 6) is 2.00. The fourth-order valence-corrected chi connectivity index (χ4v) is 3.41. The van der Waals surface area contributed by atoms with Gasteiger partial charge in [-0.3, -0.25) is 10.0 Å². The third-order valence-corrected chi connectivity index (χ3v) is 5.02. The Balaban J connectivity index is 2.07. The van der Waals surface area contributed by atoms with E-state index in [2.05, 4.69) is 50.5 Å². The Kier molecular flexibility index (Phi) is 6.84. The number of benzene rings is 1. The van der Waals surface area contributed by atoms with Gasteiger partial charge in [-0.1, -0.05) is 25.1 Å². The molecule has 1 aliphatic rings. The van der Waals surface area contributed by atoms with Crippen molar-refractivity contribution in [2.75, 3.05) is 39.2 Å². The van der Waals surface area contributed by atoms with Gasteiger partial charge < -0.3 is 21.1 Å². The zero-order valence-corrected chi connectivity index (χ0v) is 18.6. The summed E-state index contributed by atoms with van der Waals surface area (Å²) in [6, 6.07) is 8.16. The second-order valence-corrected chi connectivity index (χ2v) is 8.03. The summed E-state index contributed by atoms with van der Waals surface area (Å²) in [7, 11) is 0. The maximum absolute atomic E-state index is 9.88. The SMILES string of the molecule is CCCN(CO)c1nc(NCc2ccccc2N)c2c(n1)N(C(C)C)NN2C(C)C. The predicted octanol–water partition coefficient (Wildman–Crippen LogP) is 2.70. The van der Waals surface area contributed by atoms with Crippen molar-refractivity contribution in [3.63, 3.8) is 0 Å². The van der Waals surface area contributed by atoms with Gasteiger partial charge in [0.1, 0.15) is 12.4 Å². The molecule has 9 heteroatoms. The Morgan fingerprint density at radius 1 is 1.13 bits per heavy atom. The number of nitrogens with two attached hydrogens (primary N) is 1. The highest BCUT2D eigenvalue weighted by atomic mass is 16.3. The molecule has 0 atom stereocenters. The molecule has 2 heterocycles. The number of nitrogens with one attached hydrogen (secondary N) is 2. The maximum atomic E-state index is 9.88. The molecule has 0 bridgehead atoms. The van der Waals surface area contributed by atoms with Crippen molar-refractivity contribution in [2.24, 2.45) is 0 Å². The van der Waals surface area contributed by atoms with Crippen molar-refractivity contribution in [3.05, 3.63) is 29.8 Å². The van der Waals surface area contributed by atoms with E-state index >= 15 is 0 Å². The summed E-state index contributed by atoms with van der Waals surface area (Å²) in [4.78, 5) is 11.4. The predicted molar refractivity (Wildman–Crippen MR) is 123 cm³/mol. The Labute approximate surface area is 178 Å². The van der Waals surface area contributed by atoms with Gasteiger partial charge in [-0.2, -0.15) is 9.97 Å². The topological polar surface area (TPSA) is 106 Å². The maximum Gasteiger partial charge on any atom is 0.231 e. The van der Waals surface area contributed by atoms with Crippen LogP contribution in [0.25, 0.3) is 0 Å². The van der Waals surface area contributed by atoms with Crippen LogP contribution in [0.4, 0.5) is 29.0 Å². The second kappa shape index (κ2) is 9.36. The number of nitrogen functional groups attached to an aromatic ring is 1. The highest BCUT2D eigenvalue weighted by Crippen LogP contribution is 2.40. The van der Waals surface area contributed by atoms with E-state index in [4.69, 9.17) is 15.7 Å². The van der Waals surface area contributed by atoms with Gasteiger partial charge in [-0.15, -0.1) is 5.53 Å². The number of para-hydroxylation sites is 1. The van der Waals surface area contributed by atoms with Crippen LogP contribution < -0.4 is 31.5 Å². The van der Waals surface area contributed by atoms with E-state index in [-0.39, 0.29) is 18.8 Å². The molecular formula is C21H34N8O. The molecule has 1 aromatic heterocycles. The van der Waals surface area contributed by atoms with E-state index in [1.165, 1.54) is 0 Å². The molecule has 0 radical (unpaired) electrons. The van der Waals surface area contributed by atoms with Crippen LogP contribution in [-0.2, 0) is 6.54 Å². The van der Waals surface area contributed by atoms with Gasteiger partial charge in [-0.25, -0.2) is 0 Å². The lowest BCUT2D eigenvalue weighted by atomic mass is 10.2. The molecule has 1 aliphatic heterocycles. The number of hydrogen-bond donors (Lipinski definition) is 4. The van der Waals surface area contributed by atoms with E-state index in [9.17, 15) is 5.11 Å². The minimum Gasteiger partial charge on any atom is -0.398 e. The first-order chi connectivity index (χ1) is 14.4. The average molecular weight is 415 g/mol. The number of aromatic nitrogens is 2. The average Bonchev–Trinajstić information content (AvgIpc) is 3.11. The monoisotopic (exact) mass is 414 g/mol. The number of rotatable bonds is 9. The summed E-state index contributed by atoms with van der Waals surface area (Å²) < 4.78 is 0. The number of aliphatic hydroxyl groups excluding tert-OH is 1. The Bertz CT molecular complexity index is 857. The van der Waals surface area contributed by atoms with Gasteiger partial charge >= 0.3 is 0 Å². The number of aliphatic hydroxyl groups is 1. The molecule has 30 heavy (non-hydrogen) atoms. The highest BCUT2D eigenvalue weighted by Gasteiger charge is 2.35. The van der Waals surface area contributed by atoms with Crippen molar-refractivity contribution in [2.45, 2.75) is 59.7 Å². The lowest BCUT2D eigenvalue weighted by molar-refractivity contribution is 0.288. The number of hydrogen-bond acceptors (Lipinski definition) is 9. The molecule has 0 aliphatic carbocycles. The molecule has 5 N–H and O–H groups in total. The van der Waals surface area contributed by atoms with Crippen molar-refractivity contribution in [1.29, 1.82) is 0 Å². The molecule has 0 saturated heterocycles. The highest BCUT2D eigenvalue weighted by molar-refractivity contribution is 5.83. The van der Waals surface area contributed by atoms with Crippen LogP contribution in [0.1, 0.15) is 46.6 Å². The van der Waals surface area contributed by atoms with Crippen LogP contribution in [0.2, 0.25) is 0 Å². The standard InChI is InChI=1S/C21H34N8O/c1-6-11-27(13-30)21-24-19(23-12-16-9-7-8-10-17(16)22)18-20(25-21)29(15(4)5)26-28(18)14(2)3/h7-10,14-15,26,30H,6,11-13,22H2,1-5H3,(H,23,24,25). The lowest BCUT2D eigenvalue weighted by Gasteiger charge is -2.27. The molecule has 1 aromatic carbocycles. The first kappa shape index (κ1) is 21.9. The Morgan fingerprint density at radius 3 is 2.43 bits per heavy atom. The number of anilines is 5. The van der Waals surface area contributed by atoms with Crippen LogP contribution in [-0.4, -0.2) is 40.4 Å². The summed E-state index contributed by atoms with van der Waals surface area (Å²) in [6.07, 6.45) is 0.884. The Hall–Kier alpha value is -2.78. The van der Waals surface area contributed by atoms with Crippen LogP contribution in [0.3, 0.4) is 0 Å². The summed E-state index contributed by atoms with van der Waals surface area (Å²) in [5, 5.41) is 17.4. The molecule has 164 valence electrons. The zero-order valence-electron chi connectivity index (χ0n) is 18.6. The van der Waals surface area contributed by atoms with Crippen molar-refractivity contribution in [3.8, 4) is 0 Å². The number of fused-ring (bicyclic) bond motifs is 1. The molecule has 0 unspecified atom stereocenters. The quantitative estimate of drug-likeness (QED) is 0.364. The number of hydrazine groups is 2. The molecular weight excluding hydrogens is 380 g/mol. The largest absolute Gasteiger partial charge is 0.398 e. The first-order valence-corrected chi connectivity index (χ1v) is 10.6. The summed E-state index contributed by atoms with van der Waals surface area (Å²) >= 11 is 0. The van der Waals surface area contributed by atoms with Gasteiger partial charge in [-0.05, 0) is 45.7 Å². The van der Waals surface area contributed by atoms with Gasteiger partial charge in [0.15, 0.2) is 11.6 Å². The van der Waals surface area contributed by atoms with Crippen LogP contribution in [0.15, 0.2) is 24.3 Å². The molecule has 0 fully saturated rings. The molecule has 0 saturated carbocycles. The van der Waals surface area contributed by atoms with E-state index in [0.717, 1.165) is 29.2 Å². The molecule has 3 rings (SSSR count). The van der Waals surface area contributed by atoms with E-state index in [1.807, 2.05) is 29.3 Å². The molecule has 2 aromatic rings. The third kappa shape index (κ3) is 4.36.